The number of nitrogens with one attached hydrogen (secondary N) is 2. The smallest absolute Gasteiger partial charge is 0.251 e. The van der Waals surface area contributed by atoms with Crippen LogP contribution in [-0.2, 0) is 11.8 Å². The number of halogens is 1. The number of carbonyl (C=O) groups excluding carboxylic acids is 2. The highest BCUT2D eigenvalue weighted by atomic mass is 35.5. The zero-order valence-electron chi connectivity index (χ0n) is 17.3. The van der Waals surface area contributed by atoms with Crippen molar-refractivity contribution in [1.29, 1.82) is 0 Å². The maximum atomic E-state index is 12.5. The van der Waals surface area contributed by atoms with Gasteiger partial charge in [0.25, 0.3) is 5.91 Å². The minimum Gasteiger partial charge on any atom is -0.497 e. The minimum absolute atomic E-state index is 0.158. The van der Waals surface area contributed by atoms with Crippen molar-refractivity contribution < 1.29 is 14.3 Å². The molecule has 0 saturated carbocycles. The van der Waals surface area contributed by atoms with Gasteiger partial charge >= 0.3 is 0 Å². The molecule has 1 heterocycles. The van der Waals surface area contributed by atoms with Crippen LogP contribution in [0, 0.1) is 0 Å². The summed E-state index contributed by atoms with van der Waals surface area (Å²) in [4.78, 5) is 24.7. The van der Waals surface area contributed by atoms with Gasteiger partial charge in [-0.1, -0.05) is 29.4 Å². The molecule has 1 aromatic heterocycles. The molecular formula is C21H22ClN5O3S. The van der Waals surface area contributed by atoms with Gasteiger partial charge in [0.1, 0.15) is 5.75 Å². The van der Waals surface area contributed by atoms with Crippen LogP contribution in [0.4, 0.5) is 5.69 Å². The van der Waals surface area contributed by atoms with E-state index in [1.807, 2.05) is 6.92 Å². The van der Waals surface area contributed by atoms with E-state index in [2.05, 4.69) is 20.8 Å². The fraction of sp³-hybridized carbons (Fsp3) is 0.238. The number of nitrogens with zero attached hydrogens (tertiary/aromatic N) is 3. The summed E-state index contributed by atoms with van der Waals surface area (Å²) in [5.74, 6) is 1.01. The first-order valence-corrected chi connectivity index (χ1v) is 10.8. The third-order valence-electron chi connectivity index (χ3n) is 4.40. The van der Waals surface area contributed by atoms with Crippen molar-refractivity contribution >= 4 is 40.9 Å². The van der Waals surface area contributed by atoms with Crippen molar-refractivity contribution in [2.75, 3.05) is 18.2 Å². The first kappa shape index (κ1) is 22.6. The summed E-state index contributed by atoms with van der Waals surface area (Å²) in [5.41, 5.74) is 1.15. The van der Waals surface area contributed by atoms with Gasteiger partial charge in [0.05, 0.1) is 18.9 Å². The summed E-state index contributed by atoms with van der Waals surface area (Å²) in [6, 6.07) is 13.4. The SMILES string of the molecule is COc1ccc(C(=O)N[C@H](C)c2nnc(SCC(=O)Nc3cccc(Cl)c3)n2C)cc1. The van der Waals surface area contributed by atoms with Gasteiger partial charge in [-0.05, 0) is 49.4 Å². The van der Waals surface area contributed by atoms with Crippen molar-refractivity contribution in [3.63, 3.8) is 0 Å². The van der Waals surface area contributed by atoms with Crippen molar-refractivity contribution in [1.82, 2.24) is 20.1 Å². The molecule has 1 atom stereocenters. The fourth-order valence-electron chi connectivity index (χ4n) is 2.81. The average molecular weight is 460 g/mol. The summed E-state index contributed by atoms with van der Waals surface area (Å²) in [6.45, 7) is 1.83. The normalized spacial score (nSPS) is 11.6. The third kappa shape index (κ3) is 5.99. The summed E-state index contributed by atoms with van der Waals surface area (Å²) >= 11 is 7.18. The van der Waals surface area contributed by atoms with Crippen molar-refractivity contribution in [3.8, 4) is 5.75 Å². The molecule has 3 aromatic rings. The molecule has 2 aromatic carbocycles. The molecule has 0 aliphatic rings. The highest BCUT2D eigenvalue weighted by molar-refractivity contribution is 7.99. The van der Waals surface area contributed by atoms with E-state index < -0.39 is 0 Å². The molecule has 0 spiro atoms. The van der Waals surface area contributed by atoms with Gasteiger partial charge < -0.3 is 19.9 Å². The van der Waals surface area contributed by atoms with Crippen molar-refractivity contribution in [2.24, 2.45) is 7.05 Å². The standard InChI is InChI=1S/C21H22ClN5O3S/c1-13(23-20(29)14-7-9-17(30-3)10-8-14)19-25-26-21(27(19)2)31-12-18(28)24-16-6-4-5-15(22)11-16/h4-11,13H,12H2,1-3H3,(H,23,29)(H,24,28)/t13-/m1/s1. The predicted octanol–water partition coefficient (Wildman–Crippen LogP) is 3.70. The number of anilines is 1. The number of rotatable bonds is 8. The lowest BCUT2D eigenvalue weighted by molar-refractivity contribution is -0.113. The molecule has 0 fully saturated rings. The Morgan fingerprint density at radius 2 is 1.94 bits per heavy atom. The van der Waals surface area contributed by atoms with Gasteiger partial charge in [-0.2, -0.15) is 0 Å². The maximum Gasteiger partial charge on any atom is 0.251 e. The lowest BCUT2D eigenvalue weighted by Gasteiger charge is -2.14. The molecule has 162 valence electrons. The van der Waals surface area contributed by atoms with Crippen molar-refractivity contribution in [2.45, 2.75) is 18.1 Å². The van der Waals surface area contributed by atoms with Gasteiger partial charge in [-0.25, -0.2) is 0 Å². The van der Waals surface area contributed by atoms with E-state index in [0.29, 0.717) is 33.0 Å². The van der Waals surface area contributed by atoms with E-state index >= 15 is 0 Å². The molecule has 2 amide bonds. The highest BCUT2D eigenvalue weighted by Crippen LogP contribution is 2.21. The van der Waals surface area contributed by atoms with E-state index in [0.717, 1.165) is 0 Å². The summed E-state index contributed by atoms with van der Waals surface area (Å²) < 4.78 is 6.87. The highest BCUT2D eigenvalue weighted by Gasteiger charge is 2.19. The molecule has 31 heavy (non-hydrogen) atoms. The van der Waals surface area contributed by atoms with Gasteiger partial charge in [-0.15, -0.1) is 10.2 Å². The molecule has 0 radical (unpaired) electrons. The zero-order chi connectivity index (χ0) is 22.4. The number of carbonyl (C=O) groups is 2. The molecule has 8 nitrogen and oxygen atoms in total. The first-order valence-electron chi connectivity index (χ1n) is 9.40. The predicted molar refractivity (Wildman–Crippen MR) is 121 cm³/mol. The molecule has 0 bridgehead atoms. The minimum atomic E-state index is -0.373. The van der Waals surface area contributed by atoms with Crippen molar-refractivity contribution in [3.05, 3.63) is 64.9 Å². The van der Waals surface area contributed by atoms with E-state index in [4.69, 9.17) is 16.3 Å². The maximum absolute atomic E-state index is 12.5. The van der Waals surface area contributed by atoms with Crippen LogP contribution in [0.3, 0.4) is 0 Å². The van der Waals surface area contributed by atoms with E-state index in [1.54, 1.807) is 67.3 Å². The summed E-state index contributed by atoms with van der Waals surface area (Å²) in [6.07, 6.45) is 0. The summed E-state index contributed by atoms with van der Waals surface area (Å²) in [7, 11) is 3.37. The molecule has 0 saturated heterocycles. The Morgan fingerprint density at radius 1 is 1.19 bits per heavy atom. The average Bonchev–Trinajstić information content (AvgIpc) is 3.12. The second-order valence-electron chi connectivity index (χ2n) is 6.67. The number of hydrogen-bond donors (Lipinski definition) is 2. The third-order valence-corrected chi connectivity index (χ3v) is 5.65. The van der Waals surface area contributed by atoms with Crippen LogP contribution in [0.5, 0.6) is 5.75 Å². The molecule has 10 heteroatoms. The van der Waals surface area contributed by atoms with Crippen LogP contribution in [0.25, 0.3) is 0 Å². The van der Waals surface area contributed by atoms with Crippen LogP contribution in [0.15, 0.2) is 53.7 Å². The van der Waals surface area contributed by atoms with E-state index in [9.17, 15) is 9.59 Å². The second-order valence-corrected chi connectivity index (χ2v) is 8.05. The van der Waals surface area contributed by atoms with Gasteiger partial charge in [0.2, 0.25) is 5.91 Å². The van der Waals surface area contributed by atoms with Gasteiger partial charge in [0.15, 0.2) is 11.0 Å². The Hall–Kier alpha value is -3.04. The number of thioether (sulfide) groups is 1. The Balaban J connectivity index is 1.57. The van der Waals surface area contributed by atoms with Gasteiger partial charge in [-0.3, -0.25) is 9.59 Å². The van der Waals surface area contributed by atoms with Crippen LogP contribution in [0.2, 0.25) is 5.02 Å². The number of amides is 2. The summed E-state index contributed by atoms with van der Waals surface area (Å²) in [5, 5.41) is 15.1. The zero-order valence-corrected chi connectivity index (χ0v) is 18.8. The molecule has 0 aliphatic heterocycles. The van der Waals surface area contributed by atoms with Crippen LogP contribution in [-0.4, -0.2) is 39.4 Å². The quantitative estimate of drug-likeness (QED) is 0.498. The number of aromatic nitrogens is 3. The monoisotopic (exact) mass is 459 g/mol. The first-order chi connectivity index (χ1) is 14.9. The lowest BCUT2D eigenvalue weighted by Crippen LogP contribution is -2.28. The molecular weight excluding hydrogens is 438 g/mol. The number of hydrogen-bond acceptors (Lipinski definition) is 6. The topological polar surface area (TPSA) is 98.1 Å². The molecule has 3 rings (SSSR count). The second kappa shape index (κ2) is 10.3. The van der Waals surface area contributed by atoms with Crippen LogP contribution in [0.1, 0.15) is 29.1 Å². The van der Waals surface area contributed by atoms with E-state index in [-0.39, 0.29) is 23.6 Å². The molecule has 0 aliphatic carbocycles. The Morgan fingerprint density at radius 3 is 2.61 bits per heavy atom. The van der Waals surface area contributed by atoms with E-state index in [1.165, 1.54) is 11.8 Å². The van der Waals surface area contributed by atoms with Crippen LogP contribution < -0.4 is 15.4 Å². The number of benzene rings is 2. The largest absolute Gasteiger partial charge is 0.497 e. The number of methoxy groups -OCH3 is 1. The fourth-order valence-corrected chi connectivity index (χ4v) is 3.72. The van der Waals surface area contributed by atoms with Gasteiger partial charge in [0, 0.05) is 23.3 Å². The lowest BCUT2D eigenvalue weighted by atomic mass is 10.2. The Bertz CT molecular complexity index is 1070. The molecule has 0 unspecified atom stereocenters. The van der Waals surface area contributed by atoms with Crippen LogP contribution >= 0.6 is 23.4 Å². The number of ether oxygens (including phenoxy) is 1. The molecule has 2 N–H and O–H groups in total. The Kier molecular flexibility index (Phi) is 7.54. The Labute approximate surface area is 189 Å².